The number of para-hydroxylation sites is 1. The van der Waals surface area contributed by atoms with E-state index in [4.69, 9.17) is 16.1 Å². The van der Waals surface area contributed by atoms with E-state index in [0.29, 0.717) is 23.3 Å². The summed E-state index contributed by atoms with van der Waals surface area (Å²) in [5, 5.41) is 7.44. The summed E-state index contributed by atoms with van der Waals surface area (Å²) in [5.74, 6) is 0.833. The number of hydrogen-bond acceptors (Lipinski definition) is 5. The molecular weight excluding hydrogens is 340 g/mol. The van der Waals surface area contributed by atoms with E-state index in [1.165, 1.54) is 0 Å². The minimum Gasteiger partial charge on any atom is -0.338 e. The molecule has 0 unspecified atom stereocenters. The van der Waals surface area contributed by atoms with Crippen molar-refractivity contribution in [2.75, 3.05) is 18.9 Å². The average Bonchev–Trinajstić information content (AvgIpc) is 3.04. The van der Waals surface area contributed by atoms with Gasteiger partial charge in [-0.2, -0.15) is 4.98 Å². The van der Waals surface area contributed by atoms with Crippen LogP contribution in [-0.2, 0) is 11.3 Å². The predicted octanol–water partition coefficient (Wildman–Crippen LogP) is 3.46. The third-order valence-electron chi connectivity index (χ3n) is 3.45. The second kappa shape index (κ2) is 7.92. The Balaban J connectivity index is 1.55. The maximum atomic E-state index is 12.0. The first kappa shape index (κ1) is 17.1. The molecule has 25 heavy (non-hydrogen) atoms. The second-order valence-corrected chi connectivity index (χ2v) is 6.04. The normalized spacial score (nSPS) is 10.8. The van der Waals surface area contributed by atoms with E-state index in [0.717, 1.165) is 11.3 Å². The van der Waals surface area contributed by atoms with E-state index >= 15 is 0 Å². The molecule has 128 valence electrons. The number of halogens is 1. The fourth-order valence-corrected chi connectivity index (χ4v) is 2.42. The van der Waals surface area contributed by atoms with E-state index in [1.807, 2.05) is 49.5 Å². The van der Waals surface area contributed by atoms with Gasteiger partial charge in [0, 0.05) is 16.3 Å². The molecular formula is C18H17ClN4O2. The largest absolute Gasteiger partial charge is 0.338 e. The van der Waals surface area contributed by atoms with Gasteiger partial charge in [-0.25, -0.2) is 0 Å². The van der Waals surface area contributed by atoms with Crippen LogP contribution in [0.3, 0.4) is 0 Å². The van der Waals surface area contributed by atoms with Crippen LogP contribution in [0.25, 0.3) is 11.4 Å². The lowest BCUT2D eigenvalue weighted by Crippen LogP contribution is -2.29. The molecule has 1 aromatic heterocycles. The summed E-state index contributed by atoms with van der Waals surface area (Å²) in [4.78, 5) is 18.2. The van der Waals surface area contributed by atoms with Crippen molar-refractivity contribution in [3.63, 3.8) is 0 Å². The lowest BCUT2D eigenvalue weighted by molar-refractivity contribution is -0.117. The van der Waals surface area contributed by atoms with Gasteiger partial charge >= 0.3 is 0 Å². The number of carbonyl (C=O) groups excluding carboxylic acids is 1. The van der Waals surface area contributed by atoms with Crippen molar-refractivity contribution in [3.8, 4) is 11.4 Å². The summed E-state index contributed by atoms with van der Waals surface area (Å²) < 4.78 is 5.25. The third-order valence-corrected chi connectivity index (χ3v) is 3.70. The number of rotatable bonds is 6. The number of carbonyl (C=O) groups is 1. The molecule has 6 nitrogen and oxygen atoms in total. The summed E-state index contributed by atoms with van der Waals surface area (Å²) in [7, 11) is 1.82. The Bertz CT molecular complexity index is 834. The van der Waals surface area contributed by atoms with Gasteiger partial charge in [0.25, 0.3) is 0 Å². The van der Waals surface area contributed by atoms with Crippen LogP contribution in [0.5, 0.6) is 0 Å². The van der Waals surface area contributed by atoms with E-state index in [1.54, 1.807) is 17.0 Å². The molecule has 7 heteroatoms. The first-order chi connectivity index (χ1) is 12.1. The van der Waals surface area contributed by atoms with Gasteiger partial charge in [0.2, 0.25) is 17.6 Å². The number of nitrogens with zero attached hydrogens (tertiary/aromatic N) is 3. The summed E-state index contributed by atoms with van der Waals surface area (Å²) >= 11 is 5.87. The van der Waals surface area contributed by atoms with Crippen molar-refractivity contribution in [2.45, 2.75) is 6.54 Å². The van der Waals surface area contributed by atoms with Crippen molar-refractivity contribution < 1.29 is 9.32 Å². The van der Waals surface area contributed by atoms with Gasteiger partial charge in [0.05, 0.1) is 13.1 Å². The van der Waals surface area contributed by atoms with Crippen molar-refractivity contribution >= 4 is 23.2 Å². The zero-order valence-corrected chi connectivity index (χ0v) is 14.4. The third kappa shape index (κ3) is 4.89. The quantitative estimate of drug-likeness (QED) is 0.732. The molecule has 0 radical (unpaired) electrons. The molecule has 0 saturated heterocycles. The Morgan fingerprint density at radius 2 is 1.88 bits per heavy atom. The van der Waals surface area contributed by atoms with Crippen LogP contribution in [0.4, 0.5) is 5.69 Å². The maximum Gasteiger partial charge on any atom is 0.241 e. The predicted molar refractivity (Wildman–Crippen MR) is 96.1 cm³/mol. The van der Waals surface area contributed by atoms with Gasteiger partial charge in [-0.15, -0.1) is 0 Å². The molecule has 1 heterocycles. The minimum absolute atomic E-state index is 0.105. The number of hydrogen-bond donors (Lipinski definition) is 1. The van der Waals surface area contributed by atoms with Crippen molar-refractivity contribution in [1.29, 1.82) is 0 Å². The summed E-state index contributed by atoms with van der Waals surface area (Å²) in [6.07, 6.45) is 0. The van der Waals surface area contributed by atoms with Crippen LogP contribution in [0.2, 0.25) is 5.02 Å². The topological polar surface area (TPSA) is 71.3 Å². The highest BCUT2D eigenvalue weighted by molar-refractivity contribution is 6.30. The van der Waals surface area contributed by atoms with Crippen LogP contribution in [-0.4, -0.2) is 34.5 Å². The highest BCUT2D eigenvalue weighted by Crippen LogP contribution is 2.19. The van der Waals surface area contributed by atoms with Crippen molar-refractivity contribution in [1.82, 2.24) is 15.0 Å². The van der Waals surface area contributed by atoms with Gasteiger partial charge in [0.1, 0.15) is 0 Å². The Kier molecular flexibility index (Phi) is 5.42. The standard InChI is InChI=1S/C18H17ClN4O2/c1-23(11-16(24)20-15-5-3-2-4-6-15)12-17-21-18(22-25-17)13-7-9-14(19)10-8-13/h2-10H,11-12H2,1H3,(H,20,24). The summed E-state index contributed by atoms with van der Waals surface area (Å²) in [6.45, 7) is 0.594. The molecule has 0 bridgehead atoms. The lowest BCUT2D eigenvalue weighted by atomic mass is 10.2. The van der Waals surface area contributed by atoms with Crippen molar-refractivity contribution in [3.05, 3.63) is 65.5 Å². The SMILES string of the molecule is CN(CC(=O)Nc1ccccc1)Cc1nc(-c2ccc(Cl)cc2)no1. The second-order valence-electron chi connectivity index (χ2n) is 5.61. The zero-order chi connectivity index (χ0) is 17.6. The zero-order valence-electron chi connectivity index (χ0n) is 13.6. The summed E-state index contributed by atoms with van der Waals surface area (Å²) in [6, 6.07) is 16.5. The molecule has 0 aliphatic heterocycles. The molecule has 0 fully saturated rings. The number of benzene rings is 2. The van der Waals surface area contributed by atoms with Crippen LogP contribution in [0.1, 0.15) is 5.89 Å². The van der Waals surface area contributed by atoms with Crippen LogP contribution < -0.4 is 5.32 Å². The lowest BCUT2D eigenvalue weighted by Gasteiger charge is -2.13. The highest BCUT2D eigenvalue weighted by atomic mass is 35.5. The molecule has 2 aromatic carbocycles. The smallest absolute Gasteiger partial charge is 0.241 e. The number of anilines is 1. The van der Waals surface area contributed by atoms with Crippen LogP contribution in [0.15, 0.2) is 59.1 Å². The number of nitrogens with one attached hydrogen (secondary N) is 1. The average molecular weight is 357 g/mol. The fourth-order valence-electron chi connectivity index (χ4n) is 2.29. The summed E-state index contributed by atoms with van der Waals surface area (Å²) in [5.41, 5.74) is 1.59. The number of likely N-dealkylation sites (N-methyl/N-ethyl adjacent to an activating group) is 1. The fraction of sp³-hybridized carbons (Fsp3) is 0.167. The molecule has 1 N–H and O–H groups in total. The van der Waals surface area contributed by atoms with E-state index in [-0.39, 0.29) is 12.5 Å². The monoisotopic (exact) mass is 356 g/mol. The first-order valence-corrected chi connectivity index (χ1v) is 8.10. The Labute approximate surface area is 150 Å². The molecule has 1 amide bonds. The Morgan fingerprint density at radius 3 is 2.60 bits per heavy atom. The molecule has 0 aliphatic carbocycles. The molecule has 3 aromatic rings. The molecule has 0 spiro atoms. The van der Waals surface area contributed by atoms with Crippen molar-refractivity contribution in [2.24, 2.45) is 0 Å². The van der Waals surface area contributed by atoms with Gasteiger partial charge in [-0.05, 0) is 43.4 Å². The van der Waals surface area contributed by atoms with Gasteiger partial charge in [0.15, 0.2) is 0 Å². The molecule has 0 atom stereocenters. The van der Waals surface area contributed by atoms with E-state index in [9.17, 15) is 4.79 Å². The van der Waals surface area contributed by atoms with Crippen LogP contribution >= 0.6 is 11.6 Å². The van der Waals surface area contributed by atoms with Gasteiger partial charge in [-0.3, -0.25) is 9.69 Å². The number of aromatic nitrogens is 2. The number of amides is 1. The van der Waals surface area contributed by atoms with E-state index < -0.39 is 0 Å². The van der Waals surface area contributed by atoms with Crippen LogP contribution in [0, 0.1) is 0 Å². The minimum atomic E-state index is -0.105. The molecule has 0 aliphatic rings. The maximum absolute atomic E-state index is 12.0. The van der Waals surface area contributed by atoms with E-state index in [2.05, 4.69) is 15.5 Å². The Morgan fingerprint density at radius 1 is 1.16 bits per heavy atom. The molecule has 0 saturated carbocycles. The Hall–Kier alpha value is -2.70. The molecule has 3 rings (SSSR count). The van der Waals surface area contributed by atoms with Gasteiger partial charge in [-0.1, -0.05) is 35.0 Å². The highest BCUT2D eigenvalue weighted by Gasteiger charge is 2.13. The van der Waals surface area contributed by atoms with Gasteiger partial charge < -0.3 is 9.84 Å². The first-order valence-electron chi connectivity index (χ1n) is 7.72.